The average Bonchev–Trinajstić information content (AvgIpc) is 2.87. The minimum absolute atomic E-state index is 0.633. The number of nitrogens with zero attached hydrogens (tertiary/aromatic N) is 3. The molecule has 0 saturated heterocycles. The molecule has 80 valence electrons. The van der Waals surface area contributed by atoms with Gasteiger partial charge in [-0.25, -0.2) is 9.67 Å². The van der Waals surface area contributed by atoms with Crippen LogP contribution in [0.15, 0.2) is 29.4 Å². The minimum atomic E-state index is 0.633. The molecule has 5 heteroatoms. The van der Waals surface area contributed by atoms with Gasteiger partial charge in [0.05, 0.1) is 6.26 Å². The molecule has 0 fully saturated rings. The molecular formula is C10H14N4O. The van der Waals surface area contributed by atoms with Gasteiger partial charge in [-0.1, -0.05) is 6.92 Å². The van der Waals surface area contributed by atoms with Gasteiger partial charge in [-0.3, -0.25) is 0 Å². The molecule has 2 rings (SSSR count). The SMILES string of the molecule is CCNCc1ccoc1Cn1cncn1. The van der Waals surface area contributed by atoms with Gasteiger partial charge < -0.3 is 9.73 Å². The van der Waals surface area contributed by atoms with Crippen molar-refractivity contribution >= 4 is 0 Å². The number of hydrogen-bond acceptors (Lipinski definition) is 4. The van der Waals surface area contributed by atoms with Crippen molar-refractivity contribution < 1.29 is 4.42 Å². The Morgan fingerprint density at radius 2 is 2.47 bits per heavy atom. The zero-order valence-electron chi connectivity index (χ0n) is 8.68. The van der Waals surface area contributed by atoms with E-state index in [9.17, 15) is 0 Å². The highest BCUT2D eigenvalue weighted by atomic mass is 16.3. The lowest BCUT2D eigenvalue weighted by Gasteiger charge is -2.02. The quantitative estimate of drug-likeness (QED) is 0.793. The molecule has 0 atom stereocenters. The first-order valence-electron chi connectivity index (χ1n) is 4.98. The second-order valence-electron chi connectivity index (χ2n) is 3.24. The summed E-state index contributed by atoms with van der Waals surface area (Å²) < 4.78 is 7.15. The summed E-state index contributed by atoms with van der Waals surface area (Å²) in [5, 5.41) is 7.30. The van der Waals surface area contributed by atoms with Crippen LogP contribution < -0.4 is 5.32 Å². The molecule has 0 aromatic carbocycles. The standard InChI is InChI=1S/C10H14N4O/c1-2-11-5-9-3-4-15-10(9)6-14-8-12-7-13-14/h3-4,7-8,11H,2,5-6H2,1H3. The number of nitrogens with one attached hydrogen (secondary N) is 1. The first kappa shape index (κ1) is 9.92. The fourth-order valence-corrected chi connectivity index (χ4v) is 1.38. The third-order valence-corrected chi connectivity index (χ3v) is 2.18. The van der Waals surface area contributed by atoms with E-state index in [4.69, 9.17) is 4.42 Å². The maximum atomic E-state index is 5.41. The second-order valence-corrected chi connectivity index (χ2v) is 3.24. The first-order chi connectivity index (χ1) is 7.40. The van der Waals surface area contributed by atoms with E-state index < -0.39 is 0 Å². The topological polar surface area (TPSA) is 55.9 Å². The fraction of sp³-hybridized carbons (Fsp3) is 0.400. The maximum absolute atomic E-state index is 5.41. The Hall–Kier alpha value is -1.62. The van der Waals surface area contributed by atoms with E-state index in [2.05, 4.69) is 22.3 Å². The van der Waals surface area contributed by atoms with Crippen molar-refractivity contribution in [3.63, 3.8) is 0 Å². The van der Waals surface area contributed by atoms with Crippen LogP contribution in [0.3, 0.4) is 0 Å². The largest absolute Gasteiger partial charge is 0.467 e. The molecule has 15 heavy (non-hydrogen) atoms. The lowest BCUT2D eigenvalue weighted by molar-refractivity contribution is 0.472. The highest BCUT2D eigenvalue weighted by Crippen LogP contribution is 2.11. The maximum Gasteiger partial charge on any atom is 0.137 e. The summed E-state index contributed by atoms with van der Waals surface area (Å²) in [6, 6.07) is 1.98. The lowest BCUT2D eigenvalue weighted by atomic mass is 10.2. The predicted octanol–water partition coefficient (Wildman–Crippen LogP) is 1.03. The molecule has 1 N–H and O–H groups in total. The Balaban J connectivity index is 2.04. The number of rotatable bonds is 5. The van der Waals surface area contributed by atoms with Gasteiger partial charge in [-0.2, -0.15) is 5.10 Å². The van der Waals surface area contributed by atoms with E-state index >= 15 is 0 Å². The number of aromatic nitrogens is 3. The monoisotopic (exact) mass is 206 g/mol. The molecule has 0 bridgehead atoms. The predicted molar refractivity (Wildman–Crippen MR) is 55.2 cm³/mol. The fourth-order valence-electron chi connectivity index (χ4n) is 1.38. The highest BCUT2D eigenvalue weighted by Gasteiger charge is 2.06. The van der Waals surface area contributed by atoms with Gasteiger partial charge in [0.25, 0.3) is 0 Å². The van der Waals surface area contributed by atoms with Crippen molar-refractivity contribution in [2.75, 3.05) is 6.54 Å². The van der Waals surface area contributed by atoms with Crippen LogP contribution in [0.4, 0.5) is 0 Å². The zero-order valence-corrected chi connectivity index (χ0v) is 8.68. The van der Waals surface area contributed by atoms with Crippen LogP contribution in [0, 0.1) is 0 Å². The molecule has 0 aliphatic rings. The molecule has 0 aliphatic carbocycles. The molecule has 0 amide bonds. The van der Waals surface area contributed by atoms with Crippen LogP contribution in [0.1, 0.15) is 18.2 Å². The smallest absolute Gasteiger partial charge is 0.137 e. The Morgan fingerprint density at radius 1 is 1.53 bits per heavy atom. The third-order valence-electron chi connectivity index (χ3n) is 2.18. The summed E-state index contributed by atoms with van der Waals surface area (Å²) >= 11 is 0. The molecule has 2 aromatic heterocycles. The number of hydrogen-bond donors (Lipinski definition) is 1. The number of furan rings is 1. The Kier molecular flexibility index (Phi) is 3.14. The van der Waals surface area contributed by atoms with Gasteiger partial charge in [-0.05, 0) is 12.6 Å². The lowest BCUT2D eigenvalue weighted by Crippen LogP contribution is -2.13. The van der Waals surface area contributed by atoms with Gasteiger partial charge in [-0.15, -0.1) is 0 Å². The van der Waals surface area contributed by atoms with Crippen molar-refractivity contribution in [1.82, 2.24) is 20.1 Å². The molecular weight excluding hydrogens is 192 g/mol. The van der Waals surface area contributed by atoms with Crippen LogP contribution in [0.25, 0.3) is 0 Å². The molecule has 2 aromatic rings. The van der Waals surface area contributed by atoms with Crippen LogP contribution in [-0.2, 0) is 13.1 Å². The van der Waals surface area contributed by atoms with Crippen molar-refractivity contribution in [2.45, 2.75) is 20.0 Å². The Labute approximate surface area is 88.1 Å². The molecule has 0 radical (unpaired) electrons. The molecule has 2 heterocycles. The zero-order chi connectivity index (χ0) is 10.5. The average molecular weight is 206 g/mol. The Morgan fingerprint density at radius 3 is 3.20 bits per heavy atom. The van der Waals surface area contributed by atoms with Gasteiger partial charge in [0, 0.05) is 12.1 Å². The third kappa shape index (κ3) is 2.44. The van der Waals surface area contributed by atoms with Gasteiger partial charge in [0.1, 0.15) is 25.0 Å². The minimum Gasteiger partial charge on any atom is -0.467 e. The van der Waals surface area contributed by atoms with Crippen molar-refractivity contribution in [3.05, 3.63) is 36.3 Å². The summed E-state index contributed by atoms with van der Waals surface area (Å²) in [7, 11) is 0. The summed E-state index contributed by atoms with van der Waals surface area (Å²) in [6.45, 7) is 4.50. The van der Waals surface area contributed by atoms with E-state index in [0.717, 1.165) is 18.8 Å². The Bertz CT molecular complexity index is 393. The van der Waals surface area contributed by atoms with E-state index in [1.54, 1.807) is 17.3 Å². The van der Waals surface area contributed by atoms with Gasteiger partial charge in [0.2, 0.25) is 0 Å². The molecule has 0 saturated carbocycles. The van der Waals surface area contributed by atoms with Crippen molar-refractivity contribution in [1.29, 1.82) is 0 Å². The van der Waals surface area contributed by atoms with Crippen LogP contribution in [0.5, 0.6) is 0 Å². The van der Waals surface area contributed by atoms with Crippen LogP contribution >= 0.6 is 0 Å². The van der Waals surface area contributed by atoms with Crippen LogP contribution in [0.2, 0.25) is 0 Å². The molecule has 5 nitrogen and oxygen atoms in total. The first-order valence-corrected chi connectivity index (χ1v) is 4.98. The summed E-state index contributed by atoms with van der Waals surface area (Å²) in [5.41, 5.74) is 1.17. The normalized spacial score (nSPS) is 10.7. The van der Waals surface area contributed by atoms with Gasteiger partial charge >= 0.3 is 0 Å². The van der Waals surface area contributed by atoms with E-state index in [-0.39, 0.29) is 0 Å². The molecule has 0 aliphatic heterocycles. The van der Waals surface area contributed by atoms with Crippen molar-refractivity contribution in [3.8, 4) is 0 Å². The summed E-state index contributed by atoms with van der Waals surface area (Å²) in [6.07, 6.45) is 4.91. The summed E-state index contributed by atoms with van der Waals surface area (Å²) in [5.74, 6) is 0.932. The van der Waals surface area contributed by atoms with Gasteiger partial charge in [0.15, 0.2) is 0 Å². The van der Waals surface area contributed by atoms with Crippen molar-refractivity contribution in [2.24, 2.45) is 0 Å². The second kappa shape index (κ2) is 4.75. The molecule has 0 spiro atoms. The highest BCUT2D eigenvalue weighted by molar-refractivity contribution is 5.16. The van der Waals surface area contributed by atoms with E-state index in [1.807, 2.05) is 6.07 Å². The van der Waals surface area contributed by atoms with E-state index in [0.29, 0.717) is 6.54 Å². The van der Waals surface area contributed by atoms with E-state index in [1.165, 1.54) is 11.9 Å². The summed E-state index contributed by atoms with van der Waals surface area (Å²) in [4.78, 5) is 3.89. The van der Waals surface area contributed by atoms with Crippen LogP contribution in [-0.4, -0.2) is 21.3 Å². The molecule has 0 unspecified atom stereocenters.